The Morgan fingerprint density at radius 3 is 1.88 bits per heavy atom. The number of benzene rings is 1. The van der Waals surface area contributed by atoms with Crippen molar-refractivity contribution in [2.75, 3.05) is 20.6 Å². The van der Waals surface area contributed by atoms with Crippen LogP contribution in [0.25, 0.3) is 0 Å². The number of amides is 1. The molecule has 134 valence electrons. The fourth-order valence-corrected chi connectivity index (χ4v) is 1.59. The smallest absolute Gasteiger partial charge is 0.335 e. The van der Waals surface area contributed by atoms with Crippen LogP contribution in [0, 0.1) is 0 Å². The van der Waals surface area contributed by atoms with Gasteiger partial charge in [-0.2, -0.15) is 0 Å². The first-order chi connectivity index (χ1) is 11.1. The third kappa shape index (κ3) is 7.68. The lowest BCUT2D eigenvalue weighted by atomic mass is 10.0. The van der Waals surface area contributed by atoms with Gasteiger partial charge in [0.15, 0.2) is 12.2 Å². The number of carbonyl (C=O) groups excluding carboxylic acids is 1. The Bertz CT molecular complexity index is 557. The van der Waals surface area contributed by atoms with E-state index in [1.807, 2.05) is 32.3 Å². The van der Waals surface area contributed by atoms with Gasteiger partial charge < -0.3 is 31.1 Å². The first-order valence-electron chi connectivity index (χ1n) is 6.92. The molecule has 0 bridgehead atoms. The Labute approximate surface area is 138 Å². The Hall–Kier alpha value is -2.49. The van der Waals surface area contributed by atoms with E-state index in [4.69, 9.17) is 26.2 Å². The van der Waals surface area contributed by atoms with Crippen LogP contribution in [-0.4, -0.2) is 76.0 Å². The molecule has 0 aliphatic rings. The molecule has 1 rings (SSSR count). The molecule has 2 atom stereocenters. The molecule has 0 aliphatic heterocycles. The Morgan fingerprint density at radius 2 is 1.50 bits per heavy atom. The number of hydrogen-bond donors (Lipinski definition) is 5. The van der Waals surface area contributed by atoms with Crippen LogP contribution < -0.4 is 5.73 Å². The number of carboxylic acid groups (broad SMARTS) is 2. The van der Waals surface area contributed by atoms with Gasteiger partial charge in [0.1, 0.15) is 0 Å². The molecule has 1 aromatic rings. The Morgan fingerprint density at radius 1 is 1.04 bits per heavy atom. The van der Waals surface area contributed by atoms with Crippen molar-refractivity contribution in [2.45, 2.75) is 18.6 Å². The molecule has 0 fully saturated rings. The fraction of sp³-hybridized carbons (Fsp3) is 0.400. The summed E-state index contributed by atoms with van der Waals surface area (Å²) < 4.78 is 0. The number of aliphatic hydroxyl groups excluding tert-OH is 2. The van der Waals surface area contributed by atoms with Gasteiger partial charge in [0.05, 0.1) is 0 Å². The van der Waals surface area contributed by atoms with Gasteiger partial charge in [0.2, 0.25) is 5.91 Å². The number of nitrogens with zero attached hydrogens (tertiary/aromatic N) is 1. The number of carboxylic acids is 2. The molecule has 0 heterocycles. The van der Waals surface area contributed by atoms with Crippen molar-refractivity contribution in [2.24, 2.45) is 5.73 Å². The van der Waals surface area contributed by atoms with Crippen molar-refractivity contribution in [3.8, 4) is 0 Å². The average molecular weight is 342 g/mol. The minimum Gasteiger partial charge on any atom is -0.479 e. The standard InChI is InChI=1S/C11H16N2O.C4H6O6/c1-13(2)8-7-9-5-3-4-6-10(9)11(12)14;5-1(3(7)8)2(6)4(9)10/h3-6H,7-8H2,1-2H3,(H2,12,14);1-2,5-6H,(H,7,8)(H,9,10). The number of primary amides is 1. The van der Waals surface area contributed by atoms with Crippen LogP contribution in [-0.2, 0) is 16.0 Å². The first-order valence-corrected chi connectivity index (χ1v) is 6.92. The summed E-state index contributed by atoms with van der Waals surface area (Å²) in [5.74, 6) is -3.89. The highest BCUT2D eigenvalue weighted by atomic mass is 16.4. The molecule has 0 saturated carbocycles. The van der Waals surface area contributed by atoms with Gasteiger partial charge in [-0.3, -0.25) is 4.79 Å². The monoisotopic (exact) mass is 342 g/mol. The predicted octanol–water partition coefficient (Wildman–Crippen LogP) is -1.23. The normalized spacial score (nSPS) is 12.7. The summed E-state index contributed by atoms with van der Waals surface area (Å²) in [4.78, 5) is 32.7. The van der Waals surface area contributed by atoms with E-state index in [9.17, 15) is 14.4 Å². The lowest BCUT2D eigenvalue weighted by molar-refractivity contribution is -0.165. The number of nitrogens with two attached hydrogens (primary N) is 1. The van der Waals surface area contributed by atoms with Gasteiger partial charge in [-0.25, -0.2) is 9.59 Å². The molecule has 24 heavy (non-hydrogen) atoms. The van der Waals surface area contributed by atoms with E-state index >= 15 is 0 Å². The molecule has 9 heteroatoms. The summed E-state index contributed by atoms with van der Waals surface area (Å²) in [6, 6.07) is 7.48. The number of hydrogen-bond acceptors (Lipinski definition) is 6. The van der Waals surface area contributed by atoms with E-state index in [2.05, 4.69) is 4.90 Å². The zero-order valence-corrected chi connectivity index (χ0v) is 13.4. The van der Waals surface area contributed by atoms with Crippen molar-refractivity contribution in [1.82, 2.24) is 4.90 Å². The molecule has 0 saturated heterocycles. The summed E-state index contributed by atoms with van der Waals surface area (Å²) >= 11 is 0. The molecule has 0 radical (unpaired) electrons. The van der Waals surface area contributed by atoms with E-state index in [-0.39, 0.29) is 5.91 Å². The Balaban J connectivity index is 0.000000470. The zero-order chi connectivity index (χ0) is 18.9. The van der Waals surface area contributed by atoms with Crippen LogP contribution in [0.15, 0.2) is 24.3 Å². The minimum absolute atomic E-state index is 0.348. The molecule has 1 aromatic carbocycles. The quantitative estimate of drug-likeness (QED) is 0.411. The maximum atomic E-state index is 11.1. The number of aliphatic carboxylic acids is 2. The number of carbonyl (C=O) groups is 3. The van der Waals surface area contributed by atoms with Crippen LogP contribution in [0.5, 0.6) is 0 Å². The van der Waals surface area contributed by atoms with Gasteiger partial charge in [0, 0.05) is 12.1 Å². The van der Waals surface area contributed by atoms with Crippen LogP contribution >= 0.6 is 0 Å². The molecule has 1 amide bonds. The van der Waals surface area contributed by atoms with E-state index in [1.54, 1.807) is 6.07 Å². The van der Waals surface area contributed by atoms with Gasteiger partial charge >= 0.3 is 11.9 Å². The zero-order valence-electron chi connectivity index (χ0n) is 13.4. The molecule has 9 nitrogen and oxygen atoms in total. The lowest BCUT2D eigenvalue weighted by Gasteiger charge is -2.11. The highest BCUT2D eigenvalue weighted by molar-refractivity contribution is 5.94. The molecular formula is C15H22N2O7. The topological polar surface area (TPSA) is 161 Å². The maximum Gasteiger partial charge on any atom is 0.335 e. The summed E-state index contributed by atoms with van der Waals surface area (Å²) in [5, 5.41) is 32.5. The lowest BCUT2D eigenvalue weighted by Crippen LogP contribution is -2.39. The fourth-order valence-electron chi connectivity index (χ4n) is 1.59. The molecular weight excluding hydrogens is 320 g/mol. The number of likely N-dealkylation sites (N-methyl/N-ethyl adjacent to an activating group) is 1. The second-order valence-corrected chi connectivity index (χ2v) is 5.14. The average Bonchev–Trinajstić information content (AvgIpc) is 2.51. The molecule has 0 spiro atoms. The molecule has 6 N–H and O–H groups in total. The van der Waals surface area contributed by atoms with Gasteiger partial charge in [0.25, 0.3) is 0 Å². The summed E-state index contributed by atoms with van der Waals surface area (Å²) in [5.41, 5.74) is 6.92. The minimum atomic E-state index is -2.27. The largest absolute Gasteiger partial charge is 0.479 e. The van der Waals surface area contributed by atoms with E-state index in [0.29, 0.717) is 5.56 Å². The van der Waals surface area contributed by atoms with E-state index < -0.39 is 24.1 Å². The number of rotatable bonds is 7. The highest BCUT2D eigenvalue weighted by Gasteiger charge is 2.29. The molecule has 0 aromatic heterocycles. The van der Waals surface area contributed by atoms with Gasteiger partial charge in [-0.05, 0) is 32.1 Å². The van der Waals surface area contributed by atoms with E-state index in [0.717, 1.165) is 18.5 Å². The van der Waals surface area contributed by atoms with Crippen molar-refractivity contribution < 1.29 is 34.8 Å². The third-order valence-corrected chi connectivity index (χ3v) is 2.92. The second kappa shape index (κ2) is 10.3. The first kappa shape index (κ1) is 21.5. The van der Waals surface area contributed by atoms with Gasteiger partial charge in [-0.1, -0.05) is 18.2 Å². The maximum absolute atomic E-state index is 11.1. The van der Waals surface area contributed by atoms with Crippen LogP contribution in [0.1, 0.15) is 15.9 Å². The van der Waals surface area contributed by atoms with E-state index in [1.165, 1.54) is 0 Å². The van der Waals surface area contributed by atoms with Gasteiger partial charge in [-0.15, -0.1) is 0 Å². The summed E-state index contributed by atoms with van der Waals surface area (Å²) in [6.07, 6.45) is -3.68. The summed E-state index contributed by atoms with van der Waals surface area (Å²) in [7, 11) is 4.01. The van der Waals surface area contributed by atoms with Crippen molar-refractivity contribution in [3.63, 3.8) is 0 Å². The third-order valence-electron chi connectivity index (χ3n) is 2.92. The second-order valence-electron chi connectivity index (χ2n) is 5.14. The molecule has 2 unspecified atom stereocenters. The number of aliphatic hydroxyl groups is 2. The van der Waals surface area contributed by atoms with Crippen molar-refractivity contribution in [3.05, 3.63) is 35.4 Å². The Kier molecular flexibility index (Phi) is 9.25. The van der Waals surface area contributed by atoms with Crippen LogP contribution in [0.3, 0.4) is 0 Å². The SMILES string of the molecule is CN(C)CCc1ccccc1C(N)=O.O=C(O)C(O)C(O)C(=O)O. The summed E-state index contributed by atoms with van der Waals surface area (Å²) in [6.45, 7) is 0.921. The van der Waals surface area contributed by atoms with Crippen molar-refractivity contribution >= 4 is 17.8 Å². The predicted molar refractivity (Wildman–Crippen MR) is 84.5 cm³/mol. The molecule has 0 aliphatic carbocycles. The van der Waals surface area contributed by atoms with Crippen LogP contribution in [0.2, 0.25) is 0 Å². The van der Waals surface area contributed by atoms with Crippen molar-refractivity contribution in [1.29, 1.82) is 0 Å². The highest BCUT2D eigenvalue weighted by Crippen LogP contribution is 2.08. The van der Waals surface area contributed by atoms with Crippen LogP contribution in [0.4, 0.5) is 0 Å².